The van der Waals surface area contributed by atoms with E-state index in [1.807, 2.05) is 26.8 Å². The fourth-order valence-electron chi connectivity index (χ4n) is 6.59. The molecule has 7 rings (SSSR count). The summed E-state index contributed by atoms with van der Waals surface area (Å²) in [5.41, 5.74) is 3.85. The Hall–Kier alpha value is -5.43. The van der Waals surface area contributed by atoms with Crippen LogP contribution in [0, 0.1) is 7.43 Å². The van der Waals surface area contributed by atoms with Crippen molar-refractivity contribution in [2.45, 2.75) is 32.9 Å². The van der Waals surface area contributed by atoms with Gasteiger partial charge in [0.1, 0.15) is 35.8 Å². The first-order valence-electron chi connectivity index (χ1n) is 22.3. The number of H-pyrrole nitrogens is 1. The van der Waals surface area contributed by atoms with Crippen LogP contribution >= 0.6 is 31.9 Å². The molecular formula is C51H63Br2N2O18S3W-. The van der Waals surface area contributed by atoms with E-state index in [9.17, 15) is 44.7 Å². The van der Waals surface area contributed by atoms with Crippen molar-refractivity contribution in [2.24, 2.45) is 0 Å². The molecule has 5 aromatic carbocycles. The van der Waals surface area contributed by atoms with Crippen LogP contribution in [0.15, 0.2) is 118 Å². The van der Waals surface area contributed by atoms with Gasteiger partial charge in [0.25, 0.3) is 0 Å². The summed E-state index contributed by atoms with van der Waals surface area (Å²) in [7, 11) is -4.70. The predicted octanol–water partition coefficient (Wildman–Crippen LogP) is 8.47. The number of methoxy groups -OCH3 is 3. The Kier molecular flexibility index (Phi) is 29.3. The van der Waals surface area contributed by atoms with Crippen molar-refractivity contribution in [1.82, 2.24) is 9.55 Å². The van der Waals surface area contributed by atoms with Crippen molar-refractivity contribution >= 4 is 89.9 Å². The minimum atomic E-state index is -3.41. The zero-order valence-corrected chi connectivity index (χ0v) is 52.7. The van der Waals surface area contributed by atoms with Crippen LogP contribution in [0.1, 0.15) is 54.4 Å². The molecule has 77 heavy (non-hydrogen) atoms. The number of benzene rings is 5. The first-order valence-corrected chi connectivity index (χ1v) is 30.3. The second kappa shape index (κ2) is 32.5. The molecule has 2 heterocycles. The molecule has 0 aliphatic rings. The number of aromatic amines is 1. The fourth-order valence-corrected chi connectivity index (χ4v) is 8.95. The number of nitrogens with one attached hydrogen (secondary N) is 1. The smallest absolute Gasteiger partial charge is 0.420 e. The molecule has 424 valence electrons. The number of ether oxygens (including phenoxy) is 6. The van der Waals surface area contributed by atoms with Crippen LogP contribution in [0.5, 0.6) is 34.5 Å². The van der Waals surface area contributed by atoms with Gasteiger partial charge in [0.05, 0.1) is 75.8 Å². The molecule has 20 nitrogen and oxygen atoms in total. The molecular weight excluding hydrogens is 1370 g/mol. The Morgan fingerprint density at radius 3 is 1.52 bits per heavy atom. The summed E-state index contributed by atoms with van der Waals surface area (Å²) < 4.78 is 111. The Bertz CT molecular complexity index is 3460. The second-order valence-corrected chi connectivity index (χ2v) is 24.5. The normalized spacial score (nSPS) is 11.6. The van der Waals surface area contributed by atoms with Gasteiger partial charge < -0.3 is 49.8 Å². The summed E-state index contributed by atoms with van der Waals surface area (Å²) in [6.07, 6.45) is 4.26. The largest absolute Gasteiger partial charge is 0.493 e. The van der Waals surface area contributed by atoms with E-state index in [2.05, 4.69) is 36.8 Å². The van der Waals surface area contributed by atoms with Gasteiger partial charge in [-0.15, -0.1) is 0 Å². The quantitative estimate of drug-likeness (QED) is 0.0639. The number of oxazole rings is 2. The monoisotopic (exact) mass is 1430 g/mol. The van der Waals surface area contributed by atoms with Gasteiger partial charge >= 0.3 is 11.5 Å². The summed E-state index contributed by atoms with van der Waals surface area (Å²) in [4.78, 5) is 36.3. The van der Waals surface area contributed by atoms with E-state index in [0.717, 1.165) is 45.8 Å². The van der Waals surface area contributed by atoms with E-state index >= 15 is 0 Å². The van der Waals surface area contributed by atoms with Crippen LogP contribution in [-0.2, 0) is 50.6 Å². The van der Waals surface area contributed by atoms with Crippen molar-refractivity contribution in [3.8, 4) is 34.5 Å². The number of rotatable bonds is 17. The molecule has 0 saturated heterocycles. The van der Waals surface area contributed by atoms with E-state index in [0.29, 0.717) is 87.7 Å². The summed E-state index contributed by atoms with van der Waals surface area (Å²) in [5.74, 6) is 1.66. The Morgan fingerprint density at radius 2 is 1.05 bits per heavy atom. The molecule has 0 fully saturated rings. The van der Waals surface area contributed by atoms with E-state index in [1.54, 1.807) is 92.0 Å². The summed E-state index contributed by atoms with van der Waals surface area (Å²) in [6, 6.07) is 24.8. The van der Waals surface area contributed by atoms with Gasteiger partial charge in [-0.25, -0.2) is 34.8 Å². The average molecular weight is 1430 g/mol. The molecule has 0 amide bonds. The minimum Gasteiger partial charge on any atom is -0.493 e. The number of nitrogens with zero attached hydrogens (tertiary/aromatic N) is 1. The Morgan fingerprint density at radius 1 is 0.610 bits per heavy atom. The average Bonchev–Trinajstić information content (AvgIpc) is 3.86. The first kappa shape index (κ1) is 69.6. The van der Waals surface area contributed by atoms with E-state index in [1.165, 1.54) is 18.8 Å². The molecule has 0 aliphatic heterocycles. The number of hydrogen-bond acceptors (Lipinski definition) is 18. The molecule has 2 atom stereocenters. The molecule has 2 aromatic heterocycles. The number of aldehydes is 1. The van der Waals surface area contributed by atoms with Crippen LogP contribution in [0.25, 0.3) is 22.2 Å². The second-order valence-electron chi connectivity index (χ2n) is 16.0. The van der Waals surface area contributed by atoms with Gasteiger partial charge in [-0.05, 0) is 111 Å². The van der Waals surface area contributed by atoms with E-state index in [4.69, 9.17) is 37.3 Å². The molecule has 0 saturated carbocycles. The number of halogens is 2. The van der Waals surface area contributed by atoms with Gasteiger partial charge in [0.15, 0.2) is 45.7 Å². The number of aromatic nitrogens is 2. The SMILES string of the molecule is CCOc1cc(C(CS(C)(=O)=O)n2c(=O)oc3cc(Br)ccc32)ccc1OC.CCOc1cc(C(O)CS(C)(=O)=O)ccc1OC.CCOc1cc(C=O)ccc1OC.CS(C)(=O)=O.O=c1[nH]c2ccc(Br)cc2o1.[CH3-].[W]. The molecule has 0 bridgehead atoms. The van der Waals surface area contributed by atoms with Crippen molar-refractivity contribution in [3.63, 3.8) is 0 Å². The molecule has 0 spiro atoms. The number of aliphatic hydroxyl groups excluding tert-OH is 1. The number of carbonyl (C=O) groups excluding carboxylic acids is 1. The van der Waals surface area contributed by atoms with Gasteiger partial charge in [0, 0.05) is 60.6 Å². The van der Waals surface area contributed by atoms with Crippen LogP contribution in [0.4, 0.5) is 0 Å². The zero-order chi connectivity index (χ0) is 56.3. The maximum absolute atomic E-state index is 12.6. The molecule has 26 heteroatoms. The summed E-state index contributed by atoms with van der Waals surface area (Å²) >= 11 is 6.61. The van der Waals surface area contributed by atoms with Crippen LogP contribution in [0.2, 0.25) is 0 Å². The number of aliphatic hydroxyl groups is 1. The third-order valence-electron chi connectivity index (χ3n) is 9.56. The molecule has 0 aliphatic carbocycles. The van der Waals surface area contributed by atoms with Crippen molar-refractivity contribution in [1.29, 1.82) is 0 Å². The number of fused-ring (bicyclic) bond motifs is 2. The van der Waals surface area contributed by atoms with Crippen molar-refractivity contribution in [2.75, 3.05) is 77.7 Å². The maximum Gasteiger partial charge on any atom is 0.420 e. The summed E-state index contributed by atoms with van der Waals surface area (Å²) in [5, 5.41) is 9.84. The molecule has 2 N–H and O–H groups in total. The molecule has 0 radical (unpaired) electrons. The summed E-state index contributed by atoms with van der Waals surface area (Å²) in [6.45, 7) is 6.98. The topological polar surface area (TPSA) is 276 Å². The Balaban J connectivity index is 0.000000523. The third-order valence-corrected chi connectivity index (χ3v) is 12.4. The minimum absolute atomic E-state index is 0. The van der Waals surface area contributed by atoms with Gasteiger partial charge in [-0.3, -0.25) is 14.3 Å². The van der Waals surface area contributed by atoms with Crippen molar-refractivity contribution in [3.05, 3.63) is 145 Å². The first-order chi connectivity index (χ1) is 35.2. The Labute approximate surface area is 479 Å². The molecule has 7 aromatic rings. The molecule has 2 unspecified atom stereocenters. The predicted molar refractivity (Wildman–Crippen MR) is 300 cm³/mol. The maximum atomic E-state index is 12.6. The van der Waals surface area contributed by atoms with E-state index < -0.39 is 53.2 Å². The van der Waals surface area contributed by atoms with Crippen LogP contribution < -0.4 is 39.9 Å². The number of carbonyl (C=O) groups is 1. The van der Waals surface area contributed by atoms with Crippen molar-refractivity contribution < 1.29 is 93.5 Å². The van der Waals surface area contributed by atoms with Gasteiger partial charge in [-0.2, -0.15) is 0 Å². The number of hydrogen-bond donors (Lipinski definition) is 2. The number of sulfone groups is 3. The zero-order valence-electron chi connectivity index (χ0n) is 44.2. The van der Waals surface area contributed by atoms with E-state index in [-0.39, 0.29) is 40.0 Å². The van der Waals surface area contributed by atoms with Crippen LogP contribution in [-0.4, -0.2) is 124 Å². The third kappa shape index (κ3) is 23.6. The standard InChI is InChI=1S/C19H20BrNO6S.C12H18O5S.C10H12O3.C7H4BrNO2.C2H6O2S.CH3.W/c1-4-26-18-9-12(5-8-16(18)25-2)15(11-28(3,23)24)21-14-7-6-13(20)10-17(14)27-19(21)22;1-4-17-12-7-9(5-6-11(12)16-2)10(13)8-18(3,14)15;1-3-13-10-6-8(7-11)4-5-9(10)12-2;8-4-1-2-5-6(3-4)11-7(10)9-5;1-5(2,3)4;;/h5-10,15H,4,11H2,1-3H3;5-7,10,13H,4,8H2,1-3H3;4-7H,3H2,1-2H3;1-3H,(H,9,10);1-2H3;1H3;/q;;;;;-1;. The van der Waals surface area contributed by atoms with Gasteiger partial charge in [-0.1, -0.05) is 44.0 Å². The fraction of sp³-hybridized carbons (Fsp3) is 0.333. The van der Waals surface area contributed by atoms with Gasteiger partial charge in [0.2, 0.25) is 0 Å². The van der Waals surface area contributed by atoms with Crippen LogP contribution in [0.3, 0.4) is 0 Å².